The second-order valence-electron chi connectivity index (χ2n) is 4.48. The summed E-state index contributed by atoms with van der Waals surface area (Å²) in [6.45, 7) is 3.88. The lowest BCUT2D eigenvalue weighted by molar-refractivity contribution is -0.111. The van der Waals surface area contributed by atoms with Crippen LogP contribution in [0.15, 0.2) is 40.9 Å². The molecular weight excluding hydrogens is 264 g/mol. The van der Waals surface area contributed by atoms with Gasteiger partial charge in [0.15, 0.2) is 0 Å². The van der Waals surface area contributed by atoms with Crippen molar-refractivity contribution >= 4 is 33.0 Å². The van der Waals surface area contributed by atoms with Crippen LogP contribution in [0.25, 0.3) is 10.8 Å². The van der Waals surface area contributed by atoms with Crippen molar-refractivity contribution < 1.29 is 4.79 Å². The first-order valence-electron chi connectivity index (χ1n) is 5.20. The van der Waals surface area contributed by atoms with Gasteiger partial charge in [0.1, 0.15) is 6.29 Å². The van der Waals surface area contributed by atoms with Crippen LogP contribution in [0.1, 0.15) is 19.4 Å². The van der Waals surface area contributed by atoms with E-state index in [0.29, 0.717) is 0 Å². The molecule has 0 aliphatic carbocycles. The van der Waals surface area contributed by atoms with E-state index in [4.69, 9.17) is 0 Å². The molecule has 0 amide bonds. The Labute approximate surface area is 104 Å². The van der Waals surface area contributed by atoms with Crippen LogP contribution in [-0.4, -0.2) is 6.29 Å². The van der Waals surface area contributed by atoms with Crippen LogP contribution in [0.4, 0.5) is 0 Å². The number of fused-ring (bicyclic) bond motifs is 1. The molecule has 0 bridgehead atoms. The van der Waals surface area contributed by atoms with Crippen LogP contribution in [0.2, 0.25) is 0 Å². The third kappa shape index (κ3) is 1.78. The Kier molecular flexibility index (Phi) is 2.85. The fraction of sp³-hybridized carbons (Fsp3) is 0.214. The van der Waals surface area contributed by atoms with E-state index in [2.05, 4.69) is 28.1 Å². The Morgan fingerprint density at radius 1 is 1.12 bits per heavy atom. The fourth-order valence-corrected chi connectivity index (χ4v) is 2.49. The van der Waals surface area contributed by atoms with Crippen molar-refractivity contribution in [3.05, 3.63) is 46.4 Å². The molecule has 2 aromatic carbocycles. The zero-order valence-corrected chi connectivity index (χ0v) is 10.9. The third-order valence-electron chi connectivity index (χ3n) is 2.84. The van der Waals surface area contributed by atoms with Crippen molar-refractivity contribution in [3.8, 4) is 0 Å². The SMILES string of the molecule is CC(C)(C=O)c1cccc2cccc(Br)c12. The summed E-state index contributed by atoms with van der Waals surface area (Å²) < 4.78 is 1.04. The molecule has 0 saturated carbocycles. The van der Waals surface area contributed by atoms with Gasteiger partial charge in [0.25, 0.3) is 0 Å². The fourth-order valence-electron chi connectivity index (χ4n) is 1.90. The van der Waals surface area contributed by atoms with Gasteiger partial charge in [-0.2, -0.15) is 0 Å². The van der Waals surface area contributed by atoms with Crippen molar-refractivity contribution in [1.82, 2.24) is 0 Å². The molecule has 82 valence electrons. The molecule has 2 rings (SSSR count). The van der Waals surface area contributed by atoms with E-state index in [1.807, 2.05) is 38.1 Å². The van der Waals surface area contributed by atoms with Gasteiger partial charge in [0.05, 0.1) is 0 Å². The highest BCUT2D eigenvalue weighted by atomic mass is 79.9. The third-order valence-corrected chi connectivity index (χ3v) is 3.50. The number of benzene rings is 2. The molecule has 0 aliphatic heterocycles. The van der Waals surface area contributed by atoms with Gasteiger partial charge in [-0.15, -0.1) is 0 Å². The van der Waals surface area contributed by atoms with Gasteiger partial charge in [0.2, 0.25) is 0 Å². The maximum atomic E-state index is 11.2. The Balaban J connectivity index is 2.85. The molecule has 0 unspecified atom stereocenters. The van der Waals surface area contributed by atoms with Crippen molar-refractivity contribution in [2.24, 2.45) is 0 Å². The van der Waals surface area contributed by atoms with Gasteiger partial charge < -0.3 is 4.79 Å². The van der Waals surface area contributed by atoms with Crippen molar-refractivity contribution in [3.63, 3.8) is 0 Å². The lowest BCUT2D eigenvalue weighted by Crippen LogP contribution is -2.19. The van der Waals surface area contributed by atoms with Gasteiger partial charge in [0, 0.05) is 15.3 Å². The molecule has 0 atom stereocenters. The maximum absolute atomic E-state index is 11.2. The summed E-state index contributed by atoms with van der Waals surface area (Å²) in [5, 5.41) is 2.28. The molecule has 0 radical (unpaired) electrons. The van der Waals surface area contributed by atoms with Crippen LogP contribution in [0.5, 0.6) is 0 Å². The summed E-state index contributed by atoms with van der Waals surface area (Å²) in [5.74, 6) is 0. The Morgan fingerprint density at radius 3 is 2.38 bits per heavy atom. The van der Waals surface area contributed by atoms with Crippen LogP contribution < -0.4 is 0 Å². The Bertz CT molecular complexity index is 538. The minimum Gasteiger partial charge on any atom is -0.302 e. The number of carbonyl (C=O) groups excluding carboxylic acids is 1. The predicted octanol–water partition coefficient (Wildman–Crippen LogP) is 4.08. The Hall–Kier alpha value is -1.15. The van der Waals surface area contributed by atoms with E-state index in [1.165, 1.54) is 0 Å². The lowest BCUT2D eigenvalue weighted by Gasteiger charge is -2.20. The molecule has 2 aromatic rings. The molecule has 1 nitrogen and oxygen atoms in total. The summed E-state index contributed by atoms with van der Waals surface area (Å²) in [6, 6.07) is 12.1. The summed E-state index contributed by atoms with van der Waals surface area (Å²) >= 11 is 3.55. The van der Waals surface area contributed by atoms with Gasteiger partial charge in [-0.25, -0.2) is 0 Å². The molecule has 16 heavy (non-hydrogen) atoms. The summed E-state index contributed by atoms with van der Waals surface area (Å²) in [5.41, 5.74) is 0.607. The van der Waals surface area contributed by atoms with Gasteiger partial charge in [-0.05, 0) is 30.9 Å². The van der Waals surface area contributed by atoms with Gasteiger partial charge in [-0.3, -0.25) is 0 Å². The smallest absolute Gasteiger partial charge is 0.129 e. The molecule has 0 heterocycles. The predicted molar refractivity (Wildman–Crippen MR) is 70.7 cm³/mol. The summed E-state index contributed by atoms with van der Waals surface area (Å²) in [7, 11) is 0. The highest BCUT2D eigenvalue weighted by Gasteiger charge is 2.22. The number of halogens is 1. The molecule has 0 aromatic heterocycles. The normalized spacial score (nSPS) is 11.7. The van der Waals surface area contributed by atoms with E-state index in [9.17, 15) is 4.79 Å². The number of rotatable bonds is 2. The Morgan fingerprint density at radius 2 is 1.75 bits per heavy atom. The quantitative estimate of drug-likeness (QED) is 0.756. The minimum atomic E-state index is -0.455. The second kappa shape index (κ2) is 4.02. The molecule has 0 saturated heterocycles. The van der Waals surface area contributed by atoms with E-state index in [1.54, 1.807) is 0 Å². The standard InChI is InChI=1S/C14H13BrO/c1-14(2,9-16)11-7-3-5-10-6-4-8-12(15)13(10)11/h3-9H,1-2H3. The molecule has 0 fully saturated rings. The molecule has 0 aliphatic rings. The summed E-state index contributed by atoms with van der Waals surface area (Å²) in [6.07, 6.45) is 1.00. The van der Waals surface area contributed by atoms with E-state index >= 15 is 0 Å². The number of aldehydes is 1. The van der Waals surface area contributed by atoms with E-state index < -0.39 is 5.41 Å². The molecule has 0 spiro atoms. The van der Waals surface area contributed by atoms with Crippen molar-refractivity contribution in [1.29, 1.82) is 0 Å². The van der Waals surface area contributed by atoms with Crippen LogP contribution >= 0.6 is 15.9 Å². The van der Waals surface area contributed by atoms with Gasteiger partial charge in [-0.1, -0.05) is 46.3 Å². The van der Waals surface area contributed by atoms with Crippen LogP contribution in [-0.2, 0) is 10.2 Å². The van der Waals surface area contributed by atoms with Crippen molar-refractivity contribution in [2.45, 2.75) is 19.3 Å². The maximum Gasteiger partial charge on any atom is 0.129 e. The summed E-state index contributed by atoms with van der Waals surface area (Å²) in [4.78, 5) is 11.2. The number of hydrogen-bond donors (Lipinski definition) is 0. The minimum absolute atomic E-state index is 0.455. The second-order valence-corrected chi connectivity index (χ2v) is 5.34. The van der Waals surface area contributed by atoms with Crippen LogP contribution in [0.3, 0.4) is 0 Å². The first-order chi connectivity index (χ1) is 7.56. The molecule has 2 heteroatoms. The largest absolute Gasteiger partial charge is 0.302 e. The van der Waals surface area contributed by atoms with E-state index in [-0.39, 0.29) is 0 Å². The highest BCUT2D eigenvalue weighted by Crippen LogP contribution is 2.33. The first-order valence-corrected chi connectivity index (χ1v) is 5.99. The van der Waals surface area contributed by atoms with Crippen molar-refractivity contribution in [2.75, 3.05) is 0 Å². The lowest BCUT2D eigenvalue weighted by atomic mass is 9.83. The highest BCUT2D eigenvalue weighted by molar-refractivity contribution is 9.10. The van der Waals surface area contributed by atoms with E-state index in [0.717, 1.165) is 27.1 Å². The molecule has 0 N–H and O–H groups in total. The number of carbonyl (C=O) groups is 1. The van der Waals surface area contributed by atoms with Crippen LogP contribution in [0, 0.1) is 0 Å². The van der Waals surface area contributed by atoms with Gasteiger partial charge >= 0.3 is 0 Å². The average Bonchev–Trinajstić information content (AvgIpc) is 2.29. The zero-order chi connectivity index (χ0) is 11.8. The first kappa shape index (κ1) is 11.3. The zero-order valence-electron chi connectivity index (χ0n) is 9.33. The molecular formula is C14H13BrO. The monoisotopic (exact) mass is 276 g/mol. The average molecular weight is 277 g/mol. The number of hydrogen-bond acceptors (Lipinski definition) is 1. The topological polar surface area (TPSA) is 17.1 Å².